The summed E-state index contributed by atoms with van der Waals surface area (Å²) in [6, 6.07) is 10.8. The molecule has 0 bridgehead atoms. The summed E-state index contributed by atoms with van der Waals surface area (Å²) < 4.78 is 67.9. The van der Waals surface area contributed by atoms with Crippen LogP contribution >= 0.6 is 0 Å². The van der Waals surface area contributed by atoms with E-state index >= 15 is 0 Å². The number of nitrogens with one attached hydrogen (secondary N) is 1. The minimum absolute atomic E-state index is 0.0532. The third-order valence-corrected chi connectivity index (χ3v) is 8.52. The van der Waals surface area contributed by atoms with Gasteiger partial charge in [0.05, 0.1) is 16.6 Å². The summed E-state index contributed by atoms with van der Waals surface area (Å²) in [5.74, 6) is -0.918. The van der Waals surface area contributed by atoms with Crippen molar-refractivity contribution in [2.45, 2.75) is 55.8 Å². The van der Waals surface area contributed by atoms with Crippen molar-refractivity contribution < 1.29 is 36.6 Å². The van der Waals surface area contributed by atoms with E-state index in [2.05, 4.69) is 17.4 Å². The van der Waals surface area contributed by atoms with E-state index in [1.54, 1.807) is 0 Å². The number of benzene rings is 2. The summed E-state index contributed by atoms with van der Waals surface area (Å²) in [5, 5.41) is 22.5. The molecule has 0 aromatic heterocycles. The maximum atomic E-state index is 13.7. The Balaban J connectivity index is 1.64. The van der Waals surface area contributed by atoms with Crippen LogP contribution in [0, 0.1) is 5.92 Å². The third kappa shape index (κ3) is 7.66. The molecule has 0 saturated carbocycles. The van der Waals surface area contributed by atoms with Crippen molar-refractivity contribution in [3.63, 3.8) is 0 Å². The van der Waals surface area contributed by atoms with Crippen molar-refractivity contribution in [1.29, 1.82) is 0 Å². The first-order valence-electron chi connectivity index (χ1n) is 12.2. The Labute approximate surface area is 221 Å². The van der Waals surface area contributed by atoms with Crippen molar-refractivity contribution in [3.05, 3.63) is 70.8 Å². The molecule has 11 heteroatoms. The van der Waals surface area contributed by atoms with Crippen LogP contribution < -0.4 is 5.32 Å². The summed E-state index contributed by atoms with van der Waals surface area (Å²) in [7, 11) is -3.50. The van der Waals surface area contributed by atoms with E-state index in [9.17, 15) is 31.5 Å². The molecule has 0 spiro atoms. The van der Waals surface area contributed by atoms with Gasteiger partial charge in [-0.25, -0.2) is 13.2 Å². The molecule has 0 fully saturated rings. The maximum Gasteiger partial charge on any atom is 0.417 e. The number of aliphatic hydroxyl groups is 1. The molecule has 2 aromatic rings. The number of halogens is 3. The SMILES string of the molecule is CN(CC(O)CNC(C)(C)CC1Cc2ccccc2C1)S(=O)(=O)c1ccc(C=CC(=O)O)cc1C(F)(F)F. The number of alkyl halides is 3. The number of nitrogens with zero attached hydrogens (tertiary/aromatic N) is 1. The number of carboxylic acid groups (broad SMARTS) is 1. The highest BCUT2D eigenvalue weighted by Crippen LogP contribution is 2.36. The number of hydrogen-bond acceptors (Lipinski definition) is 5. The van der Waals surface area contributed by atoms with Crippen LogP contribution in [0.15, 0.2) is 53.4 Å². The summed E-state index contributed by atoms with van der Waals surface area (Å²) in [6.07, 6.45) is -1.79. The zero-order chi connectivity index (χ0) is 28.3. The van der Waals surface area contributed by atoms with Crippen LogP contribution in [-0.4, -0.2) is 60.7 Å². The largest absolute Gasteiger partial charge is 0.478 e. The van der Waals surface area contributed by atoms with E-state index in [1.807, 2.05) is 26.0 Å². The number of β-amino-alcohol motifs (C(OH)–C–C–N with tert-alkyl or cyclic N) is 1. The summed E-state index contributed by atoms with van der Waals surface area (Å²) in [4.78, 5) is 9.71. The molecule has 0 aliphatic heterocycles. The van der Waals surface area contributed by atoms with E-state index in [0.29, 0.717) is 22.4 Å². The monoisotopic (exact) mass is 554 g/mol. The molecular weight excluding hydrogens is 521 g/mol. The first kappa shape index (κ1) is 29.8. The van der Waals surface area contributed by atoms with Gasteiger partial charge in [-0.2, -0.15) is 17.5 Å². The highest BCUT2D eigenvalue weighted by Gasteiger charge is 2.39. The lowest BCUT2D eigenvalue weighted by atomic mass is 9.88. The predicted molar refractivity (Wildman–Crippen MR) is 138 cm³/mol. The Morgan fingerprint density at radius 2 is 1.76 bits per heavy atom. The number of likely N-dealkylation sites (N-methyl/N-ethyl adjacent to an activating group) is 1. The molecule has 2 aromatic carbocycles. The number of aliphatic carboxylic acids is 1. The Kier molecular flexibility index (Phi) is 9.08. The lowest BCUT2D eigenvalue weighted by molar-refractivity contribution is -0.140. The van der Waals surface area contributed by atoms with Crippen molar-refractivity contribution in [1.82, 2.24) is 9.62 Å². The van der Waals surface area contributed by atoms with Gasteiger partial charge < -0.3 is 15.5 Å². The first-order chi connectivity index (χ1) is 17.6. The lowest BCUT2D eigenvalue weighted by Gasteiger charge is -2.31. The summed E-state index contributed by atoms with van der Waals surface area (Å²) in [6.45, 7) is 3.63. The van der Waals surface area contributed by atoms with Crippen molar-refractivity contribution >= 4 is 22.1 Å². The standard InChI is InChI=1S/C27H33F3N2O5S/c1-26(2,15-19-12-20-6-4-5-7-21(20)13-19)31-16-22(33)17-32(3)38(36,37)24-10-8-18(9-11-25(34)35)14-23(24)27(28,29)30/h4-11,14,19,22,31,33H,12-13,15-17H2,1-3H3,(H,34,35). The molecule has 208 valence electrons. The normalized spacial score (nSPS) is 15.8. The van der Waals surface area contributed by atoms with Gasteiger partial charge in [-0.3, -0.25) is 0 Å². The van der Waals surface area contributed by atoms with E-state index in [-0.39, 0.29) is 17.6 Å². The van der Waals surface area contributed by atoms with E-state index in [1.165, 1.54) is 11.1 Å². The van der Waals surface area contributed by atoms with Crippen molar-refractivity contribution in [2.24, 2.45) is 5.92 Å². The number of carbonyl (C=O) groups is 1. The molecule has 0 radical (unpaired) electrons. The molecule has 0 heterocycles. The zero-order valence-electron chi connectivity index (χ0n) is 21.5. The molecular formula is C27H33F3N2O5S. The highest BCUT2D eigenvalue weighted by molar-refractivity contribution is 7.89. The Bertz CT molecular complexity index is 1270. The van der Waals surface area contributed by atoms with Crippen LogP contribution in [0.2, 0.25) is 0 Å². The van der Waals surface area contributed by atoms with E-state index < -0.39 is 45.3 Å². The summed E-state index contributed by atoms with van der Waals surface area (Å²) >= 11 is 0. The Morgan fingerprint density at radius 3 is 2.32 bits per heavy atom. The second-order valence-electron chi connectivity index (χ2n) is 10.4. The van der Waals surface area contributed by atoms with Crippen LogP contribution in [0.3, 0.4) is 0 Å². The fourth-order valence-electron chi connectivity index (χ4n) is 4.87. The molecule has 1 atom stereocenters. The zero-order valence-corrected chi connectivity index (χ0v) is 22.3. The molecule has 1 aliphatic carbocycles. The van der Waals surface area contributed by atoms with Gasteiger partial charge in [-0.15, -0.1) is 0 Å². The van der Waals surface area contributed by atoms with Crippen LogP contribution in [0.5, 0.6) is 0 Å². The molecule has 3 rings (SSSR count). The van der Waals surface area contributed by atoms with Crippen LogP contribution in [0.4, 0.5) is 13.2 Å². The molecule has 1 unspecified atom stereocenters. The van der Waals surface area contributed by atoms with Crippen LogP contribution in [-0.2, 0) is 33.8 Å². The summed E-state index contributed by atoms with van der Waals surface area (Å²) in [5.41, 5.74) is 0.795. The number of sulfonamides is 1. The Hall–Kier alpha value is -2.73. The van der Waals surface area contributed by atoms with E-state index in [0.717, 1.165) is 44.5 Å². The number of carboxylic acids is 1. The van der Waals surface area contributed by atoms with Gasteiger partial charge >= 0.3 is 12.1 Å². The molecule has 1 aliphatic rings. The quantitative estimate of drug-likeness (QED) is 0.363. The van der Waals surface area contributed by atoms with Crippen molar-refractivity contribution in [3.8, 4) is 0 Å². The topological polar surface area (TPSA) is 107 Å². The number of aliphatic hydroxyl groups excluding tert-OH is 1. The first-order valence-corrected chi connectivity index (χ1v) is 13.6. The maximum absolute atomic E-state index is 13.7. The second kappa shape index (κ2) is 11.6. The van der Waals surface area contributed by atoms with Gasteiger partial charge in [0.15, 0.2) is 0 Å². The van der Waals surface area contributed by atoms with Gasteiger partial charge in [-0.05, 0) is 73.9 Å². The van der Waals surface area contributed by atoms with Crippen molar-refractivity contribution in [2.75, 3.05) is 20.1 Å². The van der Waals surface area contributed by atoms with Gasteiger partial charge in [0.25, 0.3) is 0 Å². The van der Waals surface area contributed by atoms with Gasteiger partial charge in [0.2, 0.25) is 10.0 Å². The fraction of sp³-hybridized carbons (Fsp3) is 0.444. The highest BCUT2D eigenvalue weighted by atomic mass is 32.2. The predicted octanol–water partition coefficient (Wildman–Crippen LogP) is 3.96. The van der Waals surface area contributed by atoms with Crippen LogP contribution in [0.1, 0.15) is 42.5 Å². The third-order valence-electron chi connectivity index (χ3n) is 6.63. The number of fused-ring (bicyclic) bond motifs is 1. The fourth-order valence-corrected chi connectivity index (χ4v) is 6.27. The Morgan fingerprint density at radius 1 is 1.16 bits per heavy atom. The molecule has 7 nitrogen and oxygen atoms in total. The molecule has 0 amide bonds. The second-order valence-corrected chi connectivity index (χ2v) is 12.4. The van der Waals surface area contributed by atoms with Gasteiger partial charge in [0.1, 0.15) is 0 Å². The lowest BCUT2D eigenvalue weighted by Crippen LogP contribution is -2.47. The minimum atomic E-state index is -5.00. The van der Waals surface area contributed by atoms with Gasteiger partial charge in [-0.1, -0.05) is 30.3 Å². The van der Waals surface area contributed by atoms with E-state index in [4.69, 9.17) is 5.11 Å². The molecule has 38 heavy (non-hydrogen) atoms. The molecule has 0 saturated heterocycles. The minimum Gasteiger partial charge on any atom is -0.478 e. The van der Waals surface area contributed by atoms with Gasteiger partial charge in [0, 0.05) is 31.8 Å². The average Bonchev–Trinajstić information content (AvgIpc) is 3.22. The smallest absolute Gasteiger partial charge is 0.417 e. The number of rotatable bonds is 11. The number of hydrogen-bond donors (Lipinski definition) is 3. The van der Waals surface area contributed by atoms with Crippen LogP contribution in [0.25, 0.3) is 6.08 Å². The molecule has 3 N–H and O–H groups in total. The average molecular weight is 555 g/mol.